The summed E-state index contributed by atoms with van der Waals surface area (Å²) >= 11 is 5.96. The number of carbonyl (C=O) groups is 1. The molecule has 20 heavy (non-hydrogen) atoms. The molecular weight excluding hydrogens is 274 g/mol. The van der Waals surface area contributed by atoms with Crippen molar-refractivity contribution < 1.29 is 4.79 Å². The summed E-state index contributed by atoms with van der Waals surface area (Å²) in [5.74, 6) is 0.596. The fourth-order valence-corrected chi connectivity index (χ4v) is 2.69. The first kappa shape index (κ1) is 14.7. The van der Waals surface area contributed by atoms with Gasteiger partial charge < -0.3 is 10.2 Å². The SMILES string of the molecule is CCC1CCCN(C(=O)Nc2ccc(C#N)c(Cl)c2)C1. The van der Waals surface area contributed by atoms with Crippen LogP contribution in [-0.2, 0) is 0 Å². The van der Waals surface area contributed by atoms with E-state index in [2.05, 4.69) is 12.2 Å². The largest absolute Gasteiger partial charge is 0.324 e. The number of hydrogen-bond donors (Lipinski definition) is 1. The molecule has 106 valence electrons. The predicted octanol–water partition coefficient (Wildman–Crippen LogP) is 3.87. The van der Waals surface area contributed by atoms with Gasteiger partial charge in [-0.05, 0) is 37.0 Å². The number of halogens is 1. The van der Waals surface area contributed by atoms with Crippen LogP contribution in [0.2, 0.25) is 5.02 Å². The zero-order valence-corrected chi connectivity index (χ0v) is 12.3. The van der Waals surface area contributed by atoms with Crippen LogP contribution < -0.4 is 5.32 Å². The summed E-state index contributed by atoms with van der Waals surface area (Å²) < 4.78 is 0. The van der Waals surface area contributed by atoms with Crippen molar-refractivity contribution in [2.24, 2.45) is 5.92 Å². The van der Waals surface area contributed by atoms with Crippen molar-refractivity contribution >= 4 is 23.3 Å². The van der Waals surface area contributed by atoms with Crippen molar-refractivity contribution in [3.05, 3.63) is 28.8 Å². The van der Waals surface area contributed by atoms with E-state index in [0.717, 1.165) is 25.9 Å². The summed E-state index contributed by atoms with van der Waals surface area (Å²) in [7, 11) is 0. The molecular formula is C15H18ClN3O. The summed E-state index contributed by atoms with van der Waals surface area (Å²) in [6.07, 6.45) is 3.36. The van der Waals surface area contributed by atoms with Gasteiger partial charge >= 0.3 is 6.03 Å². The lowest BCUT2D eigenvalue weighted by Crippen LogP contribution is -2.42. The molecule has 1 aromatic rings. The number of nitrogens with one attached hydrogen (secondary N) is 1. The van der Waals surface area contributed by atoms with E-state index >= 15 is 0 Å². The Morgan fingerprint density at radius 3 is 3.05 bits per heavy atom. The van der Waals surface area contributed by atoms with Crippen molar-refractivity contribution in [3.63, 3.8) is 0 Å². The highest BCUT2D eigenvalue weighted by atomic mass is 35.5. The van der Waals surface area contributed by atoms with Gasteiger partial charge in [-0.25, -0.2) is 4.79 Å². The quantitative estimate of drug-likeness (QED) is 0.899. The number of rotatable bonds is 2. The van der Waals surface area contributed by atoms with E-state index in [9.17, 15) is 4.79 Å². The van der Waals surface area contributed by atoms with Gasteiger partial charge in [-0.1, -0.05) is 24.9 Å². The molecule has 2 rings (SSSR count). The summed E-state index contributed by atoms with van der Waals surface area (Å²) in [5.41, 5.74) is 1.03. The summed E-state index contributed by atoms with van der Waals surface area (Å²) in [6, 6.07) is 6.83. The number of amides is 2. The molecule has 1 atom stereocenters. The molecule has 1 unspecified atom stereocenters. The van der Waals surface area contributed by atoms with Crippen molar-refractivity contribution in [2.45, 2.75) is 26.2 Å². The molecule has 0 aliphatic carbocycles. The Hall–Kier alpha value is -1.73. The Balaban J connectivity index is 2.01. The highest BCUT2D eigenvalue weighted by Crippen LogP contribution is 2.22. The number of nitriles is 1. The fourth-order valence-electron chi connectivity index (χ4n) is 2.47. The molecule has 0 radical (unpaired) electrons. The number of urea groups is 1. The zero-order chi connectivity index (χ0) is 14.5. The predicted molar refractivity (Wildman–Crippen MR) is 79.8 cm³/mol. The molecule has 1 saturated heterocycles. The Morgan fingerprint density at radius 2 is 2.40 bits per heavy atom. The molecule has 1 N–H and O–H groups in total. The van der Waals surface area contributed by atoms with Gasteiger partial charge in [0.05, 0.1) is 10.6 Å². The zero-order valence-electron chi connectivity index (χ0n) is 11.5. The molecule has 0 aromatic heterocycles. The van der Waals surface area contributed by atoms with E-state index in [0.29, 0.717) is 22.2 Å². The van der Waals surface area contributed by atoms with Crippen LogP contribution in [0, 0.1) is 17.2 Å². The van der Waals surface area contributed by atoms with Gasteiger partial charge in [0, 0.05) is 18.8 Å². The van der Waals surface area contributed by atoms with Gasteiger partial charge in [-0.15, -0.1) is 0 Å². The van der Waals surface area contributed by atoms with Crippen LogP contribution in [0.1, 0.15) is 31.7 Å². The first-order valence-corrected chi connectivity index (χ1v) is 7.27. The molecule has 1 aromatic carbocycles. The number of piperidine rings is 1. The third kappa shape index (κ3) is 3.43. The third-order valence-corrected chi connectivity index (χ3v) is 4.04. The van der Waals surface area contributed by atoms with E-state index in [4.69, 9.17) is 16.9 Å². The lowest BCUT2D eigenvalue weighted by molar-refractivity contribution is 0.176. The number of likely N-dealkylation sites (tertiary alicyclic amines) is 1. The van der Waals surface area contributed by atoms with Gasteiger partial charge in [0.2, 0.25) is 0 Å². The minimum atomic E-state index is -0.0936. The fraction of sp³-hybridized carbons (Fsp3) is 0.467. The molecule has 0 bridgehead atoms. The van der Waals surface area contributed by atoms with Crippen molar-refractivity contribution in [2.75, 3.05) is 18.4 Å². The monoisotopic (exact) mass is 291 g/mol. The van der Waals surface area contributed by atoms with Crippen molar-refractivity contribution in [1.29, 1.82) is 5.26 Å². The van der Waals surface area contributed by atoms with Crippen LogP contribution in [0.3, 0.4) is 0 Å². The molecule has 5 heteroatoms. The Morgan fingerprint density at radius 1 is 1.60 bits per heavy atom. The molecule has 1 aliphatic rings. The summed E-state index contributed by atoms with van der Waals surface area (Å²) in [4.78, 5) is 14.1. The molecule has 1 heterocycles. The van der Waals surface area contributed by atoms with Gasteiger partial charge in [0.15, 0.2) is 0 Å². The first-order chi connectivity index (χ1) is 9.63. The van der Waals surface area contributed by atoms with Gasteiger partial charge in [0.25, 0.3) is 0 Å². The third-order valence-electron chi connectivity index (χ3n) is 3.72. The van der Waals surface area contributed by atoms with E-state index in [-0.39, 0.29) is 6.03 Å². The summed E-state index contributed by atoms with van der Waals surface area (Å²) in [5, 5.41) is 12.0. The number of hydrogen-bond acceptors (Lipinski definition) is 2. The average Bonchev–Trinajstić information content (AvgIpc) is 2.47. The minimum absolute atomic E-state index is 0.0936. The maximum Gasteiger partial charge on any atom is 0.321 e. The van der Waals surface area contributed by atoms with Crippen molar-refractivity contribution in [3.8, 4) is 6.07 Å². The molecule has 4 nitrogen and oxygen atoms in total. The van der Waals surface area contributed by atoms with E-state index in [1.165, 1.54) is 6.42 Å². The number of nitrogens with zero attached hydrogens (tertiary/aromatic N) is 2. The normalized spacial score (nSPS) is 18.4. The molecule has 0 spiro atoms. The van der Waals surface area contributed by atoms with Crippen LogP contribution in [0.4, 0.5) is 10.5 Å². The van der Waals surface area contributed by atoms with Crippen LogP contribution >= 0.6 is 11.6 Å². The maximum atomic E-state index is 12.2. The Kier molecular flexibility index (Phi) is 4.86. The molecule has 1 fully saturated rings. The topological polar surface area (TPSA) is 56.1 Å². The van der Waals surface area contributed by atoms with Crippen LogP contribution in [-0.4, -0.2) is 24.0 Å². The van der Waals surface area contributed by atoms with E-state index in [1.54, 1.807) is 18.2 Å². The second-order valence-corrected chi connectivity index (χ2v) is 5.51. The van der Waals surface area contributed by atoms with Crippen LogP contribution in [0.5, 0.6) is 0 Å². The lowest BCUT2D eigenvalue weighted by atomic mass is 9.96. The smallest absolute Gasteiger partial charge is 0.321 e. The van der Waals surface area contributed by atoms with E-state index in [1.807, 2.05) is 11.0 Å². The number of carbonyl (C=O) groups excluding carboxylic acids is 1. The molecule has 0 saturated carbocycles. The maximum absolute atomic E-state index is 12.2. The van der Waals surface area contributed by atoms with Gasteiger partial charge in [-0.2, -0.15) is 5.26 Å². The van der Waals surface area contributed by atoms with Gasteiger partial charge in [-0.3, -0.25) is 0 Å². The standard InChI is InChI=1S/C15H18ClN3O/c1-2-11-4-3-7-19(10-11)15(20)18-13-6-5-12(9-17)14(16)8-13/h5-6,8,11H,2-4,7,10H2,1H3,(H,18,20). The van der Waals surface area contributed by atoms with Gasteiger partial charge in [0.1, 0.15) is 6.07 Å². The minimum Gasteiger partial charge on any atom is -0.324 e. The average molecular weight is 292 g/mol. The Bertz CT molecular complexity index is 538. The number of anilines is 1. The van der Waals surface area contributed by atoms with Crippen LogP contribution in [0.25, 0.3) is 0 Å². The molecule has 1 aliphatic heterocycles. The lowest BCUT2D eigenvalue weighted by Gasteiger charge is -2.32. The highest BCUT2D eigenvalue weighted by molar-refractivity contribution is 6.32. The second kappa shape index (κ2) is 6.62. The molecule has 2 amide bonds. The van der Waals surface area contributed by atoms with Crippen molar-refractivity contribution in [1.82, 2.24) is 4.90 Å². The van der Waals surface area contributed by atoms with E-state index < -0.39 is 0 Å². The first-order valence-electron chi connectivity index (χ1n) is 6.89. The Labute approximate surface area is 124 Å². The van der Waals surface area contributed by atoms with Crippen LogP contribution in [0.15, 0.2) is 18.2 Å². The second-order valence-electron chi connectivity index (χ2n) is 5.10. The summed E-state index contributed by atoms with van der Waals surface area (Å²) in [6.45, 7) is 3.77. The highest BCUT2D eigenvalue weighted by Gasteiger charge is 2.22. The number of benzene rings is 1.